The van der Waals surface area contributed by atoms with Crippen LogP contribution in [0.15, 0.2) is 12.7 Å². The van der Waals surface area contributed by atoms with Crippen LogP contribution in [0.3, 0.4) is 0 Å². The van der Waals surface area contributed by atoms with E-state index in [1.54, 1.807) is 14.2 Å². The van der Waals surface area contributed by atoms with Gasteiger partial charge < -0.3 is 8.85 Å². The fraction of sp³-hybridized carbons (Fsp3) is 0.750. The second-order valence-corrected chi connectivity index (χ2v) is 6.34. The first kappa shape index (κ1) is 10.9. The first-order chi connectivity index (χ1) is 5.24. The Morgan fingerprint density at radius 1 is 1.36 bits per heavy atom. The second kappa shape index (κ2) is 5.52. The summed E-state index contributed by atoms with van der Waals surface area (Å²) in [6.07, 6.45) is 2.90. The molecule has 66 valence electrons. The van der Waals surface area contributed by atoms with Gasteiger partial charge in [-0.2, -0.15) is 0 Å². The maximum absolute atomic E-state index is 5.41. The van der Waals surface area contributed by atoms with Crippen LogP contribution in [-0.2, 0) is 8.85 Å². The molecular weight excluding hydrogens is 156 g/mol. The average Bonchev–Trinajstić information content (AvgIpc) is 2.08. The van der Waals surface area contributed by atoms with Crippen LogP contribution in [0, 0.1) is 0 Å². The van der Waals surface area contributed by atoms with Crippen LogP contribution < -0.4 is 0 Å². The van der Waals surface area contributed by atoms with E-state index in [4.69, 9.17) is 8.85 Å². The van der Waals surface area contributed by atoms with Crippen LogP contribution in [0.1, 0.15) is 13.3 Å². The van der Waals surface area contributed by atoms with E-state index in [9.17, 15) is 0 Å². The molecule has 11 heavy (non-hydrogen) atoms. The Morgan fingerprint density at radius 3 is 2.18 bits per heavy atom. The van der Waals surface area contributed by atoms with Crippen LogP contribution in [0.5, 0.6) is 0 Å². The summed E-state index contributed by atoms with van der Waals surface area (Å²) in [6, 6.07) is 2.02. The number of allylic oxidation sites excluding steroid dienone is 1. The van der Waals surface area contributed by atoms with E-state index in [1.165, 1.54) is 0 Å². The zero-order valence-corrected chi connectivity index (χ0v) is 8.72. The van der Waals surface area contributed by atoms with E-state index in [1.807, 2.05) is 6.08 Å². The van der Waals surface area contributed by atoms with E-state index in [0.717, 1.165) is 18.5 Å². The maximum atomic E-state index is 5.41. The van der Waals surface area contributed by atoms with Gasteiger partial charge in [-0.05, 0) is 18.5 Å². The molecule has 2 nitrogen and oxygen atoms in total. The van der Waals surface area contributed by atoms with Gasteiger partial charge in [0.2, 0.25) is 0 Å². The molecule has 0 aliphatic carbocycles. The van der Waals surface area contributed by atoms with E-state index in [-0.39, 0.29) is 0 Å². The molecule has 0 heterocycles. The molecule has 0 amide bonds. The van der Waals surface area contributed by atoms with Crippen molar-refractivity contribution in [3.05, 3.63) is 12.7 Å². The van der Waals surface area contributed by atoms with Gasteiger partial charge in [0, 0.05) is 14.2 Å². The van der Waals surface area contributed by atoms with E-state index >= 15 is 0 Å². The molecule has 0 spiro atoms. The van der Waals surface area contributed by atoms with Crippen molar-refractivity contribution in [3.63, 3.8) is 0 Å². The Labute approximate surface area is 70.5 Å². The molecule has 0 saturated carbocycles. The van der Waals surface area contributed by atoms with Crippen LogP contribution in [0.4, 0.5) is 0 Å². The molecule has 0 unspecified atom stereocenters. The molecule has 0 aliphatic heterocycles. The molecule has 0 N–H and O–H groups in total. The third-order valence-corrected chi connectivity index (χ3v) is 5.63. The molecule has 0 aromatic rings. The van der Waals surface area contributed by atoms with Crippen LogP contribution in [0.25, 0.3) is 0 Å². The van der Waals surface area contributed by atoms with Gasteiger partial charge in [-0.1, -0.05) is 13.0 Å². The highest BCUT2D eigenvalue weighted by atomic mass is 28.4. The summed E-state index contributed by atoms with van der Waals surface area (Å²) >= 11 is 0. The molecule has 0 rings (SSSR count). The number of hydrogen-bond acceptors (Lipinski definition) is 2. The molecule has 0 saturated heterocycles. The summed E-state index contributed by atoms with van der Waals surface area (Å²) in [6.45, 7) is 5.79. The van der Waals surface area contributed by atoms with Crippen molar-refractivity contribution in [1.82, 2.24) is 0 Å². The minimum absolute atomic E-state index is 0.988. The molecule has 0 aromatic heterocycles. The third-order valence-electron chi connectivity index (χ3n) is 2.01. The Bertz CT molecular complexity index is 102. The fourth-order valence-corrected chi connectivity index (χ4v) is 3.22. The van der Waals surface area contributed by atoms with Crippen molar-refractivity contribution in [2.24, 2.45) is 0 Å². The molecule has 0 fully saturated rings. The lowest BCUT2D eigenvalue weighted by molar-refractivity contribution is 0.243. The first-order valence-corrected chi connectivity index (χ1v) is 6.19. The van der Waals surface area contributed by atoms with Crippen molar-refractivity contribution in [1.29, 1.82) is 0 Å². The van der Waals surface area contributed by atoms with Crippen LogP contribution >= 0.6 is 0 Å². The van der Waals surface area contributed by atoms with Crippen molar-refractivity contribution >= 4 is 8.56 Å². The minimum atomic E-state index is -1.81. The van der Waals surface area contributed by atoms with Crippen LogP contribution in [0.2, 0.25) is 12.1 Å². The Hall–Kier alpha value is -0.123. The number of rotatable bonds is 6. The minimum Gasteiger partial charge on any atom is -0.398 e. The highest BCUT2D eigenvalue weighted by molar-refractivity contribution is 6.67. The summed E-state index contributed by atoms with van der Waals surface area (Å²) in [7, 11) is 1.67. The molecule has 3 heteroatoms. The number of hydrogen-bond donors (Lipinski definition) is 0. The molecular formula is C8H18O2Si. The van der Waals surface area contributed by atoms with Gasteiger partial charge in [0.15, 0.2) is 0 Å². The predicted molar refractivity (Wildman–Crippen MR) is 49.9 cm³/mol. The van der Waals surface area contributed by atoms with Gasteiger partial charge in [-0.3, -0.25) is 0 Å². The smallest absolute Gasteiger partial charge is 0.337 e. The Balaban J connectivity index is 3.93. The van der Waals surface area contributed by atoms with Crippen molar-refractivity contribution in [3.8, 4) is 0 Å². The summed E-state index contributed by atoms with van der Waals surface area (Å²) < 4.78 is 10.8. The van der Waals surface area contributed by atoms with Gasteiger partial charge in [-0.25, -0.2) is 0 Å². The van der Waals surface area contributed by atoms with Crippen LogP contribution in [-0.4, -0.2) is 22.8 Å². The zero-order chi connectivity index (χ0) is 8.74. The van der Waals surface area contributed by atoms with E-state index in [2.05, 4.69) is 13.5 Å². The van der Waals surface area contributed by atoms with Crippen molar-refractivity contribution in [2.45, 2.75) is 25.4 Å². The maximum Gasteiger partial charge on any atom is 0.337 e. The highest BCUT2D eigenvalue weighted by Crippen LogP contribution is 2.18. The zero-order valence-electron chi connectivity index (χ0n) is 7.72. The molecule has 0 atom stereocenters. The lowest BCUT2D eigenvalue weighted by Gasteiger charge is -2.25. The van der Waals surface area contributed by atoms with E-state index in [0.29, 0.717) is 0 Å². The van der Waals surface area contributed by atoms with Crippen molar-refractivity contribution < 1.29 is 8.85 Å². The third kappa shape index (κ3) is 3.18. The quantitative estimate of drug-likeness (QED) is 0.454. The monoisotopic (exact) mass is 174 g/mol. The summed E-state index contributed by atoms with van der Waals surface area (Å²) in [5.74, 6) is 0. The van der Waals surface area contributed by atoms with Gasteiger partial charge in [0.25, 0.3) is 0 Å². The SMILES string of the molecule is C=CCC[Si](CC)(OC)OC. The lowest BCUT2D eigenvalue weighted by Crippen LogP contribution is -2.38. The molecule has 0 aromatic carbocycles. The highest BCUT2D eigenvalue weighted by Gasteiger charge is 2.31. The van der Waals surface area contributed by atoms with Gasteiger partial charge in [-0.15, -0.1) is 6.58 Å². The molecule has 0 radical (unpaired) electrons. The van der Waals surface area contributed by atoms with Crippen molar-refractivity contribution in [2.75, 3.05) is 14.2 Å². The average molecular weight is 174 g/mol. The molecule has 0 aliphatic rings. The second-order valence-electron chi connectivity index (χ2n) is 2.50. The normalized spacial score (nSPS) is 11.5. The largest absolute Gasteiger partial charge is 0.398 e. The molecule has 0 bridgehead atoms. The topological polar surface area (TPSA) is 18.5 Å². The summed E-state index contributed by atoms with van der Waals surface area (Å²) in [5.41, 5.74) is 0. The first-order valence-electron chi connectivity index (χ1n) is 3.96. The van der Waals surface area contributed by atoms with Gasteiger partial charge in [0.1, 0.15) is 0 Å². The summed E-state index contributed by atoms with van der Waals surface area (Å²) in [5, 5.41) is 0. The Kier molecular flexibility index (Phi) is 5.46. The fourth-order valence-electron chi connectivity index (χ4n) is 1.07. The summed E-state index contributed by atoms with van der Waals surface area (Å²) in [4.78, 5) is 0. The standard InChI is InChI=1S/C8H18O2Si/c1-5-7-8-11(6-2,9-3)10-4/h5H,1,6-8H2,2-4H3. The van der Waals surface area contributed by atoms with Gasteiger partial charge >= 0.3 is 8.56 Å². The lowest BCUT2D eigenvalue weighted by atomic mass is 10.5. The Morgan fingerprint density at radius 2 is 1.91 bits per heavy atom. The van der Waals surface area contributed by atoms with E-state index < -0.39 is 8.56 Å². The van der Waals surface area contributed by atoms with Gasteiger partial charge in [0.05, 0.1) is 0 Å². The predicted octanol–water partition coefficient (Wildman–Crippen LogP) is 2.32.